The van der Waals surface area contributed by atoms with E-state index in [1.54, 1.807) is 6.07 Å². The number of carbonyl (C=O) groups excluding carboxylic acids is 2. The normalized spacial score (nSPS) is 9.71. The van der Waals surface area contributed by atoms with Crippen LogP contribution >= 0.6 is 12.2 Å². The van der Waals surface area contributed by atoms with Gasteiger partial charge in [0.15, 0.2) is 0 Å². The van der Waals surface area contributed by atoms with E-state index < -0.39 is 11.8 Å². The van der Waals surface area contributed by atoms with Crippen LogP contribution in [0.25, 0.3) is 0 Å². The van der Waals surface area contributed by atoms with E-state index in [1.807, 2.05) is 0 Å². The fourth-order valence-electron chi connectivity index (χ4n) is 1.14. The summed E-state index contributed by atoms with van der Waals surface area (Å²) in [6.07, 6.45) is 3.01. The summed E-state index contributed by atoms with van der Waals surface area (Å²) in [5, 5.41) is 2.32. The number of thiocarbonyl (C=S) groups is 1. The minimum Gasteiger partial charge on any atom is -0.472 e. The highest BCUT2D eigenvalue weighted by atomic mass is 32.1. The van der Waals surface area contributed by atoms with Gasteiger partial charge in [-0.1, -0.05) is 12.2 Å². The van der Waals surface area contributed by atoms with Crippen molar-refractivity contribution in [3.63, 3.8) is 0 Å². The molecule has 0 saturated heterocycles. The lowest BCUT2D eigenvalue weighted by molar-refractivity contribution is -0.145. The van der Waals surface area contributed by atoms with Crippen molar-refractivity contribution in [2.24, 2.45) is 5.73 Å². The van der Waals surface area contributed by atoms with Gasteiger partial charge in [0.1, 0.15) is 0 Å². The zero-order chi connectivity index (χ0) is 12.8. The Balaban J connectivity index is 2.46. The maximum Gasteiger partial charge on any atom is 0.311 e. The van der Waals surface area contributed by atoms with Gasteiger partial charge in [0.25, 0.3) is 0 Å². The number of likely N-dealkylation sites (N-methyl/N-ethyl adjacent to an activating group) is 1. The molecular formula is C10H13N3O3S. The molecular weight excluding hydrogens is 242 g/mol. The second kappa shape index (κ2) is 6.00. The molecule has 1 aromatic rings. The molecule has 0 saturated carbocycles. The Morgan fingerprint density at radius 2 is 2.29 bits per heavy atom. The molecule has 1 rings (SSSR count). The van der Waals surface area contributed by atoms with Crippen molar-refractivity contribution in [1.29, 1.82) is 0 Å². The molecule has 7 heteroatoms. The van der Waals surface area contributed by atoms with E-state index >= 15 is 0 Å². The topological polar surface area (TPSA) is 88.6 Å². The Morgan fingerprint density at radius 3 is 2.82 bits per heavy atom. The molecule has 2 amide bonds. The molecule has 6 nitrogen and oxygen atoms in total. The van der Waals surface area contributed by atoms with Gasteiger partial charge in [0.05, 0.1) is 24.1 Å². The number of amides is 2. The number of hydrogen-bond acceptors (Lipinski definition) is 4. The Labute approximate surface area is 104 Å². The Hall–Kier alpha value is -1.89. The second-order valence-electron chi connectivity index (χ2n) is 3.44. The van der Waals surface area contributed by atoms with Crippen LogP contribution in [-0.2, 0) is 16.1 Å². The van der Waals surface area contributed by atoms with Crippen molar-refractivity contribution < 1.29 is 14.0 Å². The minimum absolute atomic E-state index is 0.0134. The van der Waals surface area contributed by atoms with E-state index in [1.165, 1.54) is 24.5 Å². The smallest absolute Gasteiger partial charge is 0.311 e. The number of nitrogens with two attached hydrogens (primary N) is 1. The molecule has 17 heavy (non-hydrogen) atoms. The van der Waals surface area contributed by atoms with Gasteiger partial charge >= 0.3 is 11.8 Å². The van der Waals surface area contributed by atoms with Crippen molar-refractivity contribution in [1.82, 2.24) is 10.2 Å². The predicted octanol–water partition coefficient (Wildman–Crippen LogP) is -0.360. The van der Waals surface area contributed by atoms with Gasteiger partial charge in [0, 0.05) is 19.2 Å². The fraction of sp³-hybridized carbons (Fsp3) is 0.300. The van der Waals surface area contributed by atoms with Crippen LogP contribution in [0.5, 0.6) is 0 Å². The van der Waals surface area contributed by atoms with Crippen LogP contribution in [0.2, 0.25) is 0 Å². The maximum atomic E-state index is 11.6. The van der Waals surface area contributed by atoms with Crippen molar-refractivity contribution in [2.75, 3.05) is 13.6 Å². The van der Waals surface area contributed by atoms with E-state index in [9.17, 15) is 9.59 Å². The van der Waals surface area contributed by atoms with E-state index in [0.29, 0.717) is 6.54 Å². The van der Waals surface area contributed by atoms with Gasteiger partial charge < -0.3 is 20.4 Å². The lowest BCUT2D eigenvalue weighted by Crippen LogP contribution is -2.43. The van der Waals surface area contributed by atoms with Crippen LogP contribution in [0.1, 0.15) is 5.56 Å². The molecule has 0 radical (unpaired) electrons. The first-order valence-corrected chi connectivity index (χ1v) is 5.24. The monoisotopic (exact) mass is 255 g/mol. The predicted molar refractivity (Wildman–Crippen MR) is 65.0 cm³/mol. The zero-order valence-corrected chi connectivity index (χ0v) is 10.1. The van der Waals surface area contributed by atoms with Gasteiger partial charge in [-0.05, 0) is 6.07 Å². The Bertz CT molecular complexity index is 416. The molecule has 1 heterocycles. The van der Waals surface area contributed by atoms with Gasteiger partial charge in [-0.25, -0.2) is 0 Å². The molecule has 0 fully saturated rings. The number of rotatable bonds is 4. The molecule has 1 aromatic heterocycles. The Morgan fingerprint density at radius 1 is 1.59 bits per heavy atom. The molecule has 0 aromatic carbocycles. The maximum absolute atomic E-state index is 11.6. The number of carbonyl (C=O) groups is 2. The number of hydrogen-bond donors (Lipinski definition) is 2. The highest BCUT2D eigenvalue weighted by Gasteiger charge is 2.18. The molecule has 92 valence electrons. The summed E-state index contributed by atoms with van der Waals surface area (Å²) in [5.41, 5.74) is 6.01. The van der Waals surface area contributed by atoms with E-state index in [0.717, 1.165) is 5.56 Å². The quantitative estimate of drug-likeness (QED) is 0.566. The molecule has 0 aliphatic rings. The molecule has 0 aliphatic carbocycles. The summed E-state index contributed by atoms with van der Waals surface area (Å²) < 4.78 is 4.86. The second-order valence-corrected chi connectivity index (χ2v) is 3.97. The van der Waals surface area contributed by atoms with Gasteiger partial charge in [-0.3, -0.25) is 9.59 Å². The highest BCUT2D eigenvalue weighted by Crippen LogP contribution is 2.03. The van der Waals surface area contributed by atoms with Crippen LogP contribution < -0.4 is 11.1 Å². The minimum atomic E-state index is -0.733. The molecule has 0 atom stereocenters. The van der Waals surface area contributed by atoms with E-state index in [-0.39, 0.29) is 11.5 Å². The average Bonchev–Trinajstić information content (AvgIpc) is 2.77. The average molecular weight is 255 g/mol. The fourth-order valence-corrected chi connectivity index (χ4v) is 1.22. The summed E-state index contributed by atoms with van der Waals surface area (Å²) in [6.45, 7) is 0.315. The highest BCUT2D eigenvalue weighted by molar-refractivity contribution is 7.80. The number of nitrogens with zero attached hydrogens (tertiary/aromatic N) is 1. The van der Waals surface area contributed by atoms with Crippen molar-refractivity contribution in [3.8, 4) is 0 Å². The van der Waals surface area contributed by atoms with Crippen molar-refractivity contribution in [3.05, 3.63) is 24.2 Å². The molecule has 0 spiro atoms. The largest absolute Gasteiger partial charge is 0.472 e. The van der Waals surface area contributed by atoms with E-state index in [2.05, 4.69) is 17.5 Å². The van der Waals surface area contributed by atoms with Crippen LogP contribution in [0.15, 0.2) is 23.0 Å². The van der Waals surface area contributed by atoms with Gasteiger partial charge in [-0.15, -0.1) is 0 Å². The summed E-state index contributed by atoms with van der Waals surface area (Å²) in [4.78, 5) is 24.4. The summed E-state index contributed by atoms with van der Waals surface area (Å²) in [7, 11) is 1.52. The molecule has 3 N–H and O–H groups in total. The SMILES string of the molecule is CN(Cc1ccoc1)C(=O)C(=O)NCC(N)=S. The number of nitrogens with one attached hydrogen (secondary N) is 1. The standard InChI is InChI=1S/C10H13N3O3S/c1-13(5-7-2-3-16-6-7)10(15)9(14)12-4-8(11)17/h2-3,6H,4-5H2,1H3,(H2,11,17)(H,12,14). The lowest BCUT2D eigenvalue weighted by atomic mass is 10.3. The van der Waals surface area contributed by atoms with Crippen molar-refractivity contribution >= 4 is 29.0 Å². The summed E-state index contributed by atoms with van der Waals surface area (Å²) >= 11 is 4.59. The zero-order valence-electron chi connectivity index (χ0n) is 9.30. The van der Waals surface area contributed by atoms with Crippen LogP contribution in [0, 0.1) is 0 Å². The van der Waals surface area contributed by atoms with Crippen LogP contribution in [0.3, 0.4) is 0 Å². The summed E-state index contributed by atoms with van der Waals surface area (Å²) in [6, 6.07) is 1.72. The lowest BCUT2D eigenvalue weighted by Gasteiger charge is -2.15. The first kappa shape index (κ1) is 13.2. The molecule has 0 aliphatic heterocycles. The first-order valence-electron chi connectivity index (χ1n) is 4.83. The van der Waals surface area contributed by atoms with E-state index in [4.69, 9.17) is 10.2 Å². The first-order chi connectivity index (χ1) is 8.00. The van der Waals surface area contributed by atoms with Crippen molar-refractivity contribution in [2.45, 2.75) is 6.54 Å². The Kier molecular flexibility index (Phi) is 4.65. The van der Waals surface area contributed by atoms with Gasteiger partial charge in [-0.2, -0.15) is 0 Å². The molecule has 0 unspecified atom stereocenters. The third kappa shape index (κ3) is 4.23. The van der Waals surface area contributed by atoms with Crippen LogP contribution in [0.4, 0.5) is 0 Å². The summed E-state index contributed by atoms with van der Waals surface area (Å²) in [5.74, 6) is -1.38. The third-order valence-electron chi connectivity index (χ3n) is 1.96. The third-order valence-corrected chi connectivity index (χ3v) is 2.11. The number of furan rings is 1. The molecule has 0 bridgehead atoms. The van der Waals surface area contributed by atoms with Crippen LogP contribution in [-0.4, -0.2) is 35.3 Å². The van der Waals surface area contributed by atoms with Gasteiger partial charge in [0.2, 0.25) is 0 Å².